The summed E-state index contributed by atoms with van der Waals surface area (Å²) in [6, 6.07) is 17.2. The molecule has 0 unspecified atom stereocenters. The summed E-state index contributed by atoms with van der Waals surface area (Å²) in [4.78, 5) is 35.8. The van der Waals surface area contributed by atoms with Gasteiger partial charge in [0, 0.05) is 11.6 Å². The molecule has 6 heteroatoms. The molecule has 29 heavy (non-hydrogen) atoms. The van der Waals surface area contributed by atoms with E-state index >= 15 is 0 Å². The number of hydrogen-bond acceptors (Lipinski definition) is 4. The second kappa shape index (κ2) is 10.4. The molecule has 2 aromatic rings. The molecule has 1 fully saturated rings. The third-order valence-corrected chi connectivity index (χ3v) is 4.98. The van der Waals surface area contributed by atoms with Crippen LogP contribution < -0.4 is 10.6 Å². The Morgan fingerprint density at radius 3 is 2.21 bits per heavy atom. The van der Waals surface area contributed by atoms with E-state index in [1.807, 2.05) is 42.5 Å². The minimum absolute atomic E-state index is 0.175. The summed E-state index contributed by atoms with van der Waals surface area (Å²) >= 11 is 0. The van der Waals surface area contributed by atoms with Crippen LogP contribution in [0.5, 0.6) is 0 Å². The Labute approximate surface area is 170 Å². The summed E-state index contributed by atoms with van der Waals surface area (Å²) in [6.07, 6.45) is 5.37. The molecule has 0 radical (unpaired) electrons. The predicted molar refractivity (Wildman–Crippen MR) is 110 cm³/mol. The Hall–Kier alpha value is -3.15. The van der Waals surface area contributed by atoms with Gasteiger partial charge in [-0.3, -0.25) is 14.4 Å². The van der Waals surface area contributed by atoms with Gasteiger partial charge >= 0.3 is 5.97 Å². The molecule has 0 saturated heterocycles. The second-order valence-electron chi connectivity index (χ2n) is 7.19. The van der Waals surface area contributed by atoms with Gasteiger partial charge in [-0.15, -0.1) is 0 Å². The van der Waals surface area contributed by atoms with Crippen LogP contribution in [0.4, 0.5) is 0 Å². The van der Waals surface area contributed by atoms with Crippen LogP contribution in [0.25, 0.3) is 11.1 Å². The van der Waals surface area contributed by atoms with Crippen LogP contribution in [-0.2, 0) is 14.3 Å². The van der Waals surface area contributed by atoms with Crippen molar-refractivity contribution in [3.8, 4) is 11.1 Å². The lowest BCUT2D eigenvalue weighted by atomic mass is 9.95. The van der Waals surface area contributed by atoms with Gasteiger partial charge in [0.15, 0.2) is 6.61 Å². The fraction of sp³-hybridized carbons (Fsp3) is 0.348. The molecule has 0 spiro atoms. The first-order valence-electron chi connectivity index (χ1n) is 10.0. The maximum Gasteiger partial charge on any atom is 0.325 e. The normalized spacial score (nSPS) is 14.1. The SMILES string of the molecule is O=C(COC(=O)CNC(=O)c1ccc(-c2ccccc2)cc1)NC1CCCCC1. The highest BCUT2D eigenvalue weighted by Gasteiger charge is 2.17. The first-order chi connectivity index (χ1) is 14.1. The highest BCUT2D eigenvalue weighted by atomic mass is 16.5. The number of hydrogen-bond donors (Lipinski definition) is 2. The fourth-order valence-corrected chi connectivity index (χ4v) is 3.41. The molecule has 3 rings (SSSR count). The molecule has 1 saturated carbocycles. The summed E-state index contributed by atoms with van der Waals surface area (Å²) in [7, 11) is 0. The van der Waals surface area contributed by atoms with Gasteiger partial charge in [-0.25, -0.2) is 0 Å². The van der Waals surface area contributed by atoms with Crippen molar-refractivity contribution in [2.24, 2.45) is 0 Å². The third kappa shape index (κ3) is 6.45. The van der Waals surface area contributed by atoms with Crippen molar-refractivity contribution in [2.75, 3.05) is 13.2 Å². The van der Waals surface area contributed by atoms with E-state index in [-0.39, 0.29) is 31.0 Å². The Balaban J connectivity index is 1.39. The van der Waals surface area contributed by atoms with E-state index in [9.17, 15) is 14.4 Å². The van der Waals surface area contributed by atoms with Gasteiger partial charge in [-0.2, -0.15) is 0 Å². The van der Waals surface area contributed by atoms with Gasteiger partial charge < -0.3 is 15.4 Å². The summed E-state index contributed by atoms with van der Waals surface area (Å²) in [5.74, 6) is -1.31. The van der Waals surface area contributed by atoms with Gasteiger partial charge in [-0.1, -0.05) is 61.7 Å². The first kappa shape index (κ1) is 20.6. The summed E-state index contributed by atoms with van der Waals surface area (Å²) in [5.41, 5.74) is 2.52. The van der Waals surface area contributed by atoms with Crippen molar-refractivity contribution < 1.29 is 19.1 Å². The molecular weight excluding hydrogens is 368 g/mol. The average molecular weight is 394 g/mol. The van der Waals surface area contributed by atoms with Crippen molar-refractivity contribution in [1.82, 2.24) is 10.6 Å². The zero-order chi connectivity index (χ0) is 20.5. The lowest BCUT2D eigenvalue weighted by molar-refractivity contribution is -0.147. The van der Waals surface area contributed by atoms with Crippen LogP contribution in [0.2, 0.25) is 0 Å². The quantitative estimate of drug-likeness (QED) is 0.707. The standard InChI is InChI=1S/C23H26N2O4/c26-21(25-20-9-5-2-6-10-20)16-29-22(27)15-24-23(28)19-13-11-18(12-14-19)17-7-3-1-4-8-17/h1,3-4,7-8,11-14,20H,2,5-6,9-10,15-16H2,(H,24,28)(H,25,26). The van der Waals surface area contributed by atoms with Gasteiger partial charge in [0.05, 0.1) is 0 Å². The van der Waals surface area contributed by atoms with E-state index in [0.717, 1.165) is 36.8 Å². The Morgan fingerprint density at radius 2 is 1.52 bits per heavy atom. The number of benzene rings is 2. The molecule has 2 amide bonds. The summed E-state index contributed by atoms with van der Waals surface area (Å²) < 4.78 is 4.94. The van der Waals surface area contributed by atoms with Crippen LogP contribution in [0, 0.1) is 0 Å². The number of rotatable bonds is 7. The van der Waals surface area contributed by atoms with Crippen molar-refractivity contribution in [2.45, 2.75) is 38.1 Å². The lowest BCUT2D eigenvalue weighted by Crippen LogP contribution is -2.39. The topological polar surface area (TPSA) is 84.5 Å². The minimum Gasteiger partial charge on any atom is -0.454 e. The van der Waals surface area contributed by atoms with Crippen molar-refractivity contribution in [1.29, 1.82) is 0 Å². The molecule has 0 atom stereocenters. The van der Waals surface area contributed by atoms with E-state index in [0.29, 0.717) is 5.56 Å². The molecule has 1 aliphatic carbocycles. The van der Waals surface area contributed by atoms with Crippen LogP contribution >= 0.6 is 0 Å². The van der Waals surface area contributed by atoms with Crippen molar-refractivity contribution >= 4 is 17.8 Å². The predicted octanol–water partition coefficient (Wildman–Crippen LogP) is 3.08. The number of amides is 2. The molecular formula is C23H26N2O4. The van der Waals surface area contributed by atoms with E-state index in [1.54, 1.807) is 12.1 Å². The summed E-state index contributed by atoms with van der Waals surface area (Å²) in [5, 5.41) is 5.40. The molecule has 0 aliphatic heterocycles. The van der Waals surface area contributed by atoms with Gasteiger partial charge in [0.2, 0.25) is 0 Å². The maximum absolute atomic E-state index is 12.2. The first-order valence-corrected chi connectivity index (χ1v) is 10.0. The minimum atomic E-state index is -0.641. The van der Waals surface area contributed by atoms with E-state index in [4.69, 9.17) is 4.74 Å². The van der Waals surface area contributed by atoms with Crippen LogP contribution in [0.3, 0.4) is 0 Å². The summed E-state index contributed by atoms with van der Waals surface area (Å²) in [6.45, 7) is -0.604. The largest absolute Gasteiger partial charge is 0.454 e. The number of esters is 1. The Morgan fingerprint density at radius 1 is 0.862 bits per heavy atom. The number of carbonyl (C=O) groups is 3. The van der Waals surface area contributed by atoms with Gasteiger partial charge in [-0.05, 0) is 36.1 Å². The molecule has 6 nitrogen and oxygen atoms in total. The molecule has 1 aliphatic rings. The fourth-order valence-electron chi connectivity index (χ4n) is 3.41. The van der Waals surface area contributed by atoms with Crippen LogP contribution in [0.1, 0.15) is 42.5 Å². The zero-order valence-electron chi connectivity index (χ0n) is 16.4. The van der Waals surface area contributed by atoms with Crippen molar-refractivity contribution in [3.63, 3.8) is 0 Å². The molecule has 0 bridgehead atoms. The van der Waals surface area contributed by atoms with Crippen LogP contribution in [0.15, 0.2) is 54.6 Å². The van der Waals surface area contributed by atoms with E-state index in [2.05, 4.69) is 10.6 Å². The molecule has 0 aromatic heterocycles. The maximum atomic E-state index is 12.2. The van der Waals surface area contributed by atoms with E-state index in [1.165, 1.54) is 6.42 Å². The number of nitrogens with one attached hydrogen (secondary N) is 2. The molecule has 2 aromatic carbocycles. The average Bonchev–Trinajstić information content (AvgIpc) is 2.77. The Bertz CT molecular complexity index is 828. The third-order valence-electron chi connectivity index (χ3n) is 4.98. The smallest absolute Gasteiger partial charge is 0.325 e. The van der Waals surface area contributed by atoms with Crippen molar-refractivity contribution in [3.05, 3.63) is 60.2 Å². The highest BCUT2D eigenvalue weighted by Crippen LogP contribution is 2.19. The number of ether oxygens (including phenoxy) is 1. The monoisotopic (exact) mass is 394 g/mol. The molecule has 152 valence electrons. The van der Waals surface area contributed by atoms with Crippen LogP contribution in [-0.4, -0.2) is 37.0 Å². The molecule has 2 N–H and O–H groups in total. The highest BCUT2D eigenvalue weighted by molar-refractivity contribution is 5.96. The zero-order valence-corrected chi connectivity index (χ0v) is 16.4. The second-order valence-corrected chi connectivity index (χ2v) is 7.19. The number of carbonyl (C=O) groups excluding carboxylic acids is 3. The Kier molecular flexibility index (Phi) is 7.39. The van der Waals surface area contributed by atoms with E-state index < -0.39 is 5.97 Å². The lowest BCUT2D eigenvalue weighted by Gasteiger charge is -2.22. The van der Waals surface area contributed by atoms with Gasteiger partial charge in [0.25, 0.3) is 11.8 Å². The molecule has 0 heterocycles. The van der Waals surface area contributed by atoms with Gasteiger partial charge in [0.1, 0.15) is 6.54 Å².